The molecule has 1 atom stereocenters. The lowest BCUT2D eigenvalue weighted by molar-refractivity contribution is -0.139. The van der Waals surface area contributed by atoms with E-state index in [0.717, 1.165) is 5.56 Å². The van der Waals surface area contributed by atoms with Gasteiger partial charge >= 0.3 is 5.97 Å². The maximum atomic E-state index is 12.6. The molecule has 2 rings (SSSR count). The summed E-state index contributed by atoms with van der Waals surface area (Å²) in [4.78, 5) is 35.4. The van der Waals surface area contributed by atoms with E-state index in [1.165, 1.54) is 0 Å². The molecule has 2 amide bonds. The molecular formula is C21H24N2O5. The molecular weight excluding hydrogens is 360 g/mol. The fourth-order valence-electron chi connectivity index (χ4n) is 2.54. The van der Waals surface area contributed by atoms with Gasteiger partial charge in [-0.3, -0.25) is 9.59 Å². The predicted octanol–water partition coefficient (Wildman–Crippen LogP) is 2.47. The summed E-state index contributed by atoms with van der Waals surface area (Å²) in [6, 6.07) is 15.0. The molecule has 2 aromatic rings. The van der Waals surface area contributed by atoms with Crippen LogP contribution in [0.25, 0.3) is 0 Å². The van der Waals surface area contributed by atoms with Gasteiger partial charge in [0.1, 0.15) is 11.8 Å². The first kappa shape index (κ1) is 21.0. The lowest BCUT2D eigenvalue weighted by atomic mass is 10.0. The quantitative estimate of drug-likeness (QED) is 0.616. The molecule has 0 heterocycles. The first-order chi connectivity index (χ1) is 13.3. The molecule has 0 aliphatic rings. The molecule has 28 heavy (non-hydrogen) atoms. The Kier molecular flexibility index (Phi) is 7.56. The number of amides is 2. The van der Waals surface area contributed by atoms with E-state index in [9.17, 15) is 14.4 Å². The van der Waals surface area contributed by atoms with Crippen LogP contribution in [0.5, 0.6) is 5.75 Å². The van der Waals surface area contributed by atoms with Crippen LogP contribution < -0.4 is 15.4 Å². The molecule has 0 fully saturated rings. The van der Waals surface area contributed by atoms with E-state index in [4.69, 9.17) is 9.84 Å². The SMILES string of the molecule is CC(C)C(NC(=O)Cc1ccccc1)C(=O)Nc1ccc(OCC(=O)O)cc1. The van der Waals surface area contributed by atoms with E-state index in [0.29, 0.717) is 11.4 Å². The van der Waals surface area contributed by atoms with Gasteiger partial charge in [-0.1, -0.05) is 44.2 Å². The van der Waals surface area contributed by atoms with Crippen molar-refractivity contribution in [2.24, 2.45) is 5.92 Å². The number of carbonyl (C=O) groups excluding carboxylic acids is 2. The number of nitrogens with one attached hydrogen (secondary N) is 2. The first-order valence-electron chi connectivity index (χ1n) is 8.94. The van der Waals surface area contributed by atoms with Gasteiger partial charge < -0.3 is 20.5 Å². The molecule has 0 aromatic heterocycles. The molecule has 1 unspecified atom stereocenters. The molecule has 3 N–H and O–H groups in total. The van der Waals surface area contributed by atoms with Crippen LogP contribution in [0.15, 0.2) is 54.6 Å². The topological polar surface area (TPSA) is 105 Å². The predicted molar refractivity (Wildman–Crippen MR) is 105 cm³/mol. The molecule has 2 aromatic carbocycles. The minimum atomic E-state index is -1.07. The first-order valence-corrected chi connectivity index (χ1v) is 8.94. The van der Waals surface area contributed by atoms with Gasteiger partial charge in [0.05, 0.1) is 6.42 Å². The van der Waals surface area contributed by atoms with Crippen LogP contribution in [0.4, 0.5) is 5.69 Å². The van der Waals surface area contributed by atoms with Crippen LogP contribution in [0.1, 0.15) is 19.4 Å². The molecule has 0 bridgehead atoms. The Balaban J connectivity index is 1.94. The third kappa shape index (κ3) is 6.75. The molecule has 0 aliphatic carbocycles. The summed E-state index contributed by atoms with van der Waals surface area (Å²) < 4.78 is 5.05. The number of rotatable bonds is 9. The molecule has 148 valence electrons. The molecule has 0 aliphatic heterocycles. The smallest absolute Gasteiger partial charge is 0.341 e. The lowest BCUT2D eigenvalue weighted by Crippen LogP contribution is -2.47. The van der Waals surface area contributed by atoms with Crippen molar-refractivity contribution in [1.29, 1.82) is 0 Å². The van der Waals surface area contributed by atoms with E-state index >= 15 is 0 Å². The summed E-state index contributed by atoms with van der Waals surface area (Å²) in [6.45, 7) is 3.28. The third-order valence-corrected chi connectivity index (χ3v) is 3.96. The van der Waals surface area contributed by atoms with Crippen molar-refractivity contribution in [3.05, 3.63) is 60.2 Å². The zero-order chi connectivity index (χ0) is 20.5. The van der Waals surface area contributed by atoms with Crippen molar-refractivity contribution in [2.75, 3.05) is 11.9 Å². The Morgan fingerprint density at radius 3 is 2.21 bits per heavy atom. The Bertz CT molecular complexity index is 803. The summed E-state index contributed by atoms with van der Waals surface area (Å²) >= 11 is 0. The summed E-state index contributed by atoms with van der Waals surface area (Å²) in [5, 5.41) is 14.2. The largest absolute Gasteiger partial charge is 0.482 e. The van der Waals surface area contributed by atoms with E-state index in [1.807, 2.05) is 44.2 Å². The minimum absolute atomic E-state index is 0.0992. The van der Waals surface area contributed by atoms with Gasteiger partial charge in [-0.2, -0.15) is 0 Å². The van der Waals surface area contributed by atoms with Gasteiger partial charge in [0.25, 0.3) is 0 Å². The Hall–Kier alpha value is -3.35. The van der Waals surface area contributed by atoms with E-state index in [1.54, 1.807) is 24.3 Å². The number of carbonyl (C=O) groups is 3. The Morgan fingerprint density at radius 2 is 1.64 bits per heavy atom. The lowest BCUT2D eigenvalue weighted by Gasteiger charge is -2.22. The van der Waals surface area contributed by atoms with Crippen molar-refractivity contribution in [3.8, 4) is 5.75 Å². The van der Waals surface area contributed by atoms with Gasteiger partial charge in [-0.25, -0.2) is 4.79 Å². The minimum Gasteiger partial charge on any atom is -0.482 e. The number of hydrogen-bond donors (Lipinski definition) is 3. The van der Waals surface area contributed by atoms with Crippen LogP contribution in [0.2, 0.25) is 0 Å². The maximum absolute atomic E-state index is 12.6. The maximum Gasteiger partial charge on any atom is 0.341 e. The monoisotopic (exact) mass is 384 g/mol. The molecule has 0 saturated heterocycles. The van der Waals surface area contributed by atoms with Crippen LogP contribution in [-0.4, -0.2) is 35.5 Å². The fourth-order valence-corrected chi connectivity index (χ4v) is 2.54. The van der Waals surface area contributed by atoms with Gasteiger partial charge in [0.2, 0.25) is 11.8 Å². The average molecular weight is 384 g/mol. The second-order valence-electron chi connectivity index (χ2n) is 6.65. The molecule has 7 heteroatoms. The normalized spacial score (nSPS) is 11.5. The number of hydrogen-bond acceptors (Lipinski definition) is 4. The average Bonchev–Trinajstić information content (AvgIpc) is 2.66. The summed E-state index contributed by atoms with van der Waals surface area (Å²) in [6.07, 6.45) is 0.201. The zero-order valence-corrected chi connectivity index (χ0v) is 15.8. The third-order valence-electron chi connectivity index (χ3n) is 3.96. The molecule has 0 saturated carbocycles. The molecule has 0 radical (unpaired) electrons. The van der Waals surface area contributed by atoms with Crippen molar-refractivity contribution in [1.82, 2.24) is 5.32 Å². The van der Waals surface area contributed by atoms with Crippen LogP contribution in [0, 0.1) is 5.92 Å². The van der Waals surface area contributed by atoms with E-state index in [2.05, 4.69) is 10.6 Å². The van der Waals surface area contributed by atoms with Gasteiger partial charge in [0.15, 0.2) is 6.61 Å². The van der Waals surface area contributed by atoms with E-state index < -0.39 is 18.6 Å². The molecule has 7 nitrogen and oxygen atoms in total. The fraction of sp³-hybridized carbons (Fsp3) is 0.286. The Labute approximate surface area is 163 Å². The second kappa shape index (κ2) is 10.1. The highest BCUT2D eigenvalue weighted by Gasteiger charge is 2.24. The van der Waals surface area contributed by atoms with Gasteiger partial charge in [-0.05, 0) is 35.7 Å². The Morgan fingerprint density at radius 1 is 1.00 bits per heavy atom. The number of carboxylic acids is 1. The van der Waals surface area contributed by atoms with Crippen LogP contribution >= 0.6 is 0 Å². The van der Waals surface area contributed by atoms with E-state index in [-0.39, 0.29) is 24.2 Å². The highest BCUT2D eigenvalue weighted by Crippen LogP contribution is 2.16. The number of benzene rings is 2. The summed E-state index contributed by atoms with van der Waals surface area (Å²) in [5.41, 5.74) is 1.40. The van der Waals surface area contributed by atoms with Gasteiger partial charge in [0, 0.05) is 5.69 Å². The highest BCUT2D eigenvalue weighted by atomic mass is 16.5. The number of carboxylic acid groups (broad SMARTS) is 1. The zero-order valence-electron chi connectivity index (χ0n) is 15.8. The summed E-state index contributed by atoms with van der Waals surface area (Å²) in [5.74, 6) is -1.33. The number of ether oxygens (including phenoxy) is 1. The second-order valence-corrected chi connectivity index (χ2v) is 6.65. The van der Waals surface area contributed by atoms with Crippen molar-refractivity contribution >= 4 is 23.5 Å². The van der Waals surface area contributed by atoms with Crippen molar-refractivity contribution in [3.63, 3.8) is 0 Å². The standard InChI is InChI=1S/C21H24N2O5/c1-14(2)20(23-18(24)12-15-6-4-3-5-7-15)21(27)22-16-8-10-17(11-9-16)28-13-19(25)26/h3-11,14,20H,12-13H2,1-2H3,(H,22,27)(H,23,24)(H,25,26). The number of anilines is 1. The summed E-state index contributed by atoms with van der Waals surface area (Å²) in [7, 11) is 0. The molecule has 0 spiro atoms. The van der Waals surface area contributed by atoms with Crippen molar-refractivity contribution in [2.45, 2.75) is 26.3 Å². The van der Waals surface area contributed by atoms with Crippen LogP contribution in [-0.2, 0) is 20.8 Å². The van der Waals surface area contributed by atoms with Crippen LogP contribution in [0.3, 0.4) is 0 Å². The van der Waals surface area contributed by atoms with Gasteiger partial charge in [-0.15, -0.1) is 0 Å². The highest BCUT2D eigenvalue weighted by molar-refractivity contribution is 5.97. The van der Waals surface area contributed by atoms with Crippen molar-refractivity contribution < 1.29 is 24.2 Å². The number of aliphatic carboxylic acids is 1.